The summed E-state index contributed by atoms with van der Waals surface area (Å²) in [6, 6.07) is 1.75. The summed E-state index contributed by atoms with van der Waals surface area (Å²) in [5, 5.41) is 0. The third-order valence-electron chi connectivity index (χ3n) is 1.34. The Labute approximate surface area is 90.8 Å². The summed E-state index contributed by atoms with van der Waals surface area (Å²) in [6.07, 6.45) is -2.52. The highest BCUT2D eigenvalue weighted by molar-refractivity contribution is 14.1. The van der Waals surface area contributed by atoms with Crippen LogP contribution in [0.15, 0.2) is 10.5 Å². The van der Waals surface area contributed by atoms with E-state index < -0.39 is 6.43 Å². The van der Waals surface area contributed by atoms with Crippen LogP contribution in [0.5, 0.6) is 0 Å². The van der Waals surface area contributed by atoms with Crippen LogP contribution in [-0.4, -0.2) is 4.98 Å². The first-order valence-corrected chi connectivity index (χ1v) is 5.00. The third-order valence-corrected chi connectivity index (χ3v) is 2.92. The van der Waals surface area contributed by atoms with Crippen LogP contribution < -0.4 is 0 Å². The summed E-state index contributed by atoms with van der Waals surface area (Å²) in [4.78, 5) is 3.72. The number of hydrogen-bond acceptors (Lipinski definition) is 1. The maximum absolute atomic E-state index is 12.3. The molecule has 0 N–H and O–H groups in total. The second kappa shape index (κ2) is 3.95. The van der Waals surface area contributed by atoms with Gasteiger partial charge in [-0.1, -0.05) is 0 Å². The Kier molecular flexibility index (Phi) is 3.39. The van der Waals surface area contributed by atoms with Crippen molar-refractivity contribution in [3.8, 4) is 0 Å². The fourth-order valence-electron chi connectivity index (χ4n) is 0.785. The lowest BCUT2D eigenvalue weighted by molar-refractivity contribution is 0.145. The average Bonchev–Trinajstić information content (AvgIpc) is 1.96. The Morgan fingerprint density at radius 3 is 2.67 bits per heavy atom. The molecule has 0 saturated carbocycles. The first-order valence-electron chi connectivity index (χ1n) is 3.13. The zero-order chi connectivity index (χ0) is 9.30. The predicted octanol–water partition coefficient (Wildman–Crippen LogP) is 3.69. The molecule has 0 amide bonds. The van der Waals surface area contributed by atoms with Gasteiger partial charge in [0.2, 0.25) is 0 Å². The van der Waals surface area contributed by atoms with E-state index in [1.165, 1.54) is 0 Å². The lowest BCUT2D eigenvalue weighted by Gasteiger charge is -2.05. The highest BCUT2D eigenvalue weighted by Crippen LogP contribution is 2.28. The van der Waals surface area contributed by atoms with Gasteiger partial charge in [-0.05, 0) is 57.1 Å². The highest BCUT2D eigenvalue weighted by atomic mass is 127. The van der Waals surface area contributed by atoms with Crippen LogP contribution in [0.3, 0.4) is 0 Å². The zero-order valence-corrected chi connectivity index (χ0v) is 9.86. The predicted molar refractivity (Wildman–Crippen MR) is 54.3 cm³/mol. The van der Waals surface area contributed by atoms with Gasteiger partial charge in [0.05, 0.1) is 0 Å². The molecule has 0 aliphatic heterocycles. The van der Waals surface area contributed by atoms with Gasteiger partial charge in [0.25, 0.3) is 6.43 Å². The van der Waals surface area contributed by atoms with Crippen LogP contribution in [0.4, 0.5) is 8.78 Å². The third kappa shape index (κ3) is 2.12. The molecule has 0 aliphatic carbocycles. The molecule has 1 heterocycles. The van der Waals surface area contributed by atoms with E-state index in [4.69, 9.17) is 0 Å². The summed E-state index contributed by atoms with van der Waals surface area (Å²) < 4.78 is 25.6. The van der Waals surface area contributed by atoms with Crippen molar-refractivity contribution in [2.75, 3.05) is 0 Å². The first-order chi connectivity index (χ1) is 5.52. The summed E-state index contributed by atoms with van der Waals surface area (Å²) >= 11 is 4.98. The molecule has 0 unspecified atom stereocenters. The van der Waals surface area contributed by atoms with Gasteiger partial charge in [-0.3, -0.25) is 0 Å². The van der Waals surface area contributed by atoms with E-state index in [0.717, 1.165) is 5.56 Å². The number of alkyl halides is 2. The minimum Gasteiger partial charge on any atom is -0.240 e. The fraction of sp³-hybridized carbons (Fsp3) is 0.286. The number of hydrogen-bond donors (Lipinski definition) is 0. The van der Waals surface area contributed by atoms with Crippen molar-refractivity contribution in [2.24, 2.45) is 0 Å². The topological polar surface area (TPSA) is 12.9 Å². The van der Waals surface area contributed by atoms with Crippen molar-refractivity contribution in [1.82, 2.24) is 4.98 Å². The van der Waals surface area contributed by atoms with Gasteiger partial charge in [0.15, 0.2) is 0 Å². The Hall–Kier alpha value is 0.220. The molecule has 1 aromatic rings. The van der Waals surface area contributed by atoms with Crippen molar-refractivity contribution in [3.63, 3.8) is 0 Å². The van der Waals surface area contributed by atoms with Crippen LogP contribution in [0, 0.1) is 10.6 Å². The summed E-state index contributed by atoms with van der Waals surface area (Å²) in [6.45, 7) is 1.76. The smallest absolute Gasteiger partial charge is 0.240 e. The molecular formula is C7H5BrF2IN. The first kappa shape index (κ1) is 10.3. The second-order valence-corrected chi connectivity index (χ2v) is 4.16. The normalized spacial score (nSPS) is 10.8. The molecule has 0 fully saturated rings. The molecule has 0 aromatic carbocycles. The van der Waals surface area contributed by atoms with Gasteiger partial charge >= 0.3 is 0 Å². The Morgan fingerprint density at radius 2 is 2.17 bits per heavy atom. The Bertz CT molecular complexity index is 304. The van der Waals surface area contributed by atoms with E-state index in [9.17, 15) is 8.78 Å². The number of nitrogens with zero attached hydrogens (tertiary/aromatic N) is 1. The van der Waals surface area contributed by atoms with E-state index in [2.05, 4.69) is 20.9 Å². The van der Waals surface area contributed by atoms with Crippen LogP contribution in [0.1, 0.15) is 17.7 Å². The van der Waals surface area contributed by atoms with Gasteiger partial charge in [-0.15, -0.1) is 0 Å². The number of pyridine rings is 1. The standard InChI is InChI=1S/C7H5BrF2IN/c1-3-2-4(11)12-6(5(3)8)7(9)10/h2,7H,1H3. The average molecular weight is 348 g/mol. The Balaban J connectivity index is 3.28. The Morgan fingerprint density at radius 1 is 1.58 bits per heavy atom. The number of halogens is 4. The quantitative estimate of drug-likeness (QED) is 0.557. The minimum absolute atomic E-state index is 0.181. The van der Waals surface area contributed by atoms with E-state index in [1.54, 1.807) is 13.0 Å². The van der Waals surface area contributed by atoms with Crippen molar-refractivity contribution in [1.29, 1.82) is 0 Å². The summed E-state index contributed by atoms with van der Waals surface area (Å²) in [5.74, 6) is 0. The van der Waals surface area contributed by atoms with Gasteiger partial charge < -0.3 is 0 Å². The van der Waals surface area contributed by atoms with Crippen LogP contribution in [-0.2, 0) is 0 Å². The van der Waals surface area contributed by atoms with E-state index in [0.29, 0.717) is 8.17 Å². The largest absolute Gasteiger partial charge is 0.281 e. The lowest BCUT2D eigenvalue weighted by atomic mass is 10.2. The monoisotopic (exact) mass is 347 g/mol. The maximum atomic E-state index is 12.3. The molecule has 0 saturated heterocycles. The van der Waals surface area contributed by atoms with Gasteiger partial charge in [-0.2, -0.15) is 0 Å². The van der Waals surface area contributed by atoms with E-state index in [1.807, 2.05) is 22.6 Å². The lowest BCUT2D eigenvalue weighted by Crippen LogP contribution is -1.96. The number of aryl methyl sites for hydroxylation is 1. The van der Waals surface area contributed by atoms with Crippen molar-refractivity contribution in [3.05, 3.63) is 25.5 Å². The van der Waals surface area contributed by atoms with Crippen molar-refractivity contribution >= 4 is 38.5 Å². The molecule has 0 spiro atoms. The second-order valence-electron chi connectivity index (χ2n) is 2.26. The molecule has 5 heteroatoms. The molecule has 0 bridgehead atoms. The van der Waals surface area contributed by atoms with E-state index in [-0.39, 0.29) is 5.69 Å². The van der Waals surface area contributed by atoms with Crippen molar-refractivity contribution in [2.45, 2.75) is 13.3 Å². The van der Waals surface area contributed by atoms with Gasteiger partial charge in [-0.25, -0.2) is 13.8 Å². The summed E-state index contributed by atoms with van der Waals surface area (Å²) in [7, 11) is 0. The van der Waals surface area contributed by atoms with E-state index >= 15 is 0 Å². The van der Waals surface area contributed by atoms with Crippen molar-refractivity contribution < 1.29 is 8.78 Å². The molecule has 12 heavy (non-hydrogen) atoms. The molecule has 1 aromatic heterocycles. The van der Waals surface area contributed by atoms with Crippen LogP contribution in [0.2, 0.25) is 0 Å². The van der Waals surface area contributed by atoms with Crippen LogP contribution >= 0.6 is 38.5 Å². The number of rotatable bonds is 1. The van der Waals surface area contributed by atoms with Gasteiger partial charge in [0, 0.05) is 4.47 Å². The molecule has 0 aliphatic rings. The molecule has 0 atom stereocenters. The minimum atomic E-state index is -2.52. The number of aromatic nitrogens is 1. The van der Waals surface area contributed by atoms with Crippen LogP contribution in [0.25, 0.3) is 0 Å². The van der Waals surface area contributed by atoms with Gasteiger partial charge in [0.1, 0.15) is 9.39 Å². The maximum Gasteiger partial charge on any atom is 0.281 e. The summed E-state index contributed by atoms with van der Waals surface area (Å²) in [5.41, 5.74) is 0.601. The molecule has 0 radical (unpaired) electrons. The SMILES string of the molecule is Cc1cc(I)nc(C(F)F)c1Br. The molecule has 1 rings (SSSR count). The fourth-order valence-corrected chi connectivity index (χ4v) is 1.89. The molecular weight excluding hydrogens is 343 g/mol. The molecule has 66 valence electrons. The molecule has 1 nitrogen and oxygen atoms in total. The highest BCUT2D eigenvalue weighted by Gasteiger charge is 2.15. The zero-order valence-electron chi connectivity index (χ0n) is 6.11.